The maximum absolute atomic E-state index is 10.5. The van der Waals surface area contributed by atoms with Gasteiger partial charge in [0.1, 0.15) is 5.60 Å². The Labute approximate surface area is 90.4 Å². The molecule has 0 amide bonds. The Balaban J connectivity index is 2.30. The molecule has 0 spiro atoms. The van der Waals surface area contributed by atoms with Crippen molar-refractivity contribution in [1.82, 2.24) is 9.78 Å². The third-order valence-electron chi connectivity index (χ3n) is 2.92. The summed E-state index contributed by atoms with van der Waals surface area (Å²) in [4.78, 5) is 0. The minimum atomic E-state index is -0.788. The molecule has 1 atom stereocenters. The molecule has 1 aliphatic carbocycles. The van der Waals surface area contributed by atoms with Crippen molar-refractivity contribution in [3.8, 4) is 0 Å². The molecule has 1 aromatic heterocycles. The summed E-state index contributed by atoms with van der Waals surface area (Å²) in [7, 11) is 0. The first-order valence-electron chi connectivity index (χ1n) is 5.68. The number of allylic oxidation sites excluding steroid dienone is 1. The van der Waals surface area contributed by atoms with Gasteiger partial charge in [0, 0.05) is 12.7 Å². The monoisotopic (exact) mass is 206 g/mol. The third kappa shape index (κ3) is 1.97. The van der Waals surface area contributed by atoms with Crippen LogP contribution in [0, 0.1) is 0 Å². The molecule has 3 heteroatoms. The highest BCUT2D eigenvalue weighted by Crippen LogP contribution is 2.32. The Hall–Kier alpha value is -1.09. The van der Waals surface area contributed by atoms with Crippen molar-refractivity contribution < 1.29 is 5.11 Å². The molecule has 1 aromatic rings. The van der Waals surface area contributed by atoms with Crippen LogP contribution in [0.5, 0.6) is 0 Å². The summed E-state index contributed by atoms with van der Waals surface area (Å²) in [6.45, 7) is 2.99. The standard InChI is InChI=1S/C12H18N2O/c1-2-10-14-11(6-9-13-14)12(15)7-4-3-5-8-12/h4,6-7,9,15H,2-3,5,8,10H2,1H3. The van der Waals surface area contributed by atoms with Crippen LogP contribution in [0.1, 0.15) is 38.3 Å². The number of hydrogen-bond donors (Lipinski definition) is 1. The molecular formula is C12H18N2O. The number of aliphatic hydroxyl groups is 1. The Morgan fingerprint density at radius 3 is 3.13 bits per heavy atom. The van der Waals surface area contributed by atoms with E-state index in [2.05, 4.69) is 18.1 Å². The highest BCUT2D eigenvalue weighted by molar-refractivity contribution is 5.21. The van der Waals surface area contributed by atoms with Crippen LogP contribution in [0.3, 0.4) is 0 Å². The van der Waals surface area contributed by atoms with E-state index in [0.717, 1.165) is 37.9 Å². The summed E-state index contributed by atoms with van der Waals surface area (Å²) in [6, 6.07) is 1.92. The molecule has 1 unspecified atom stereocenters. The van der Waals surface area contributed by atoms with Crippen molar-refractivity contribution in [1.29, 1.82) is 0 Å². The zero-order valence-electron chi connectivity index (χ0n) is 9.19. The van der Waals surface area contributed by atoms with Crippen LogP contribution >= 0.6 is 0 Å². The fraction of sp³-hybridized carbons (Fsp3) is 0.583. The van der Waals surface area contributed by atoms with Crippen molar-refractivity contribution in [2.24, 2.45) is 0 Å². The summed E-state index contributed by atoms with van der Waals surface area (Å²) < 4.78 is 1.91. The zero-order chi connectivity index (χ0) is 10.7. The number of nitrogens with zero attached hydrogens (tertiary/aromatic N) is 2. The van der Waals surface area contributed by atoms with E-state index in [1.165, 1.54) is 0 Å². The SMILES string of the molecule is CCCn1nccc1C1(O)C=CCCC1. The topological polar surface area (TPSA) is 38.0 Å². The van der Waals surface area contributed by atoms with E-state index < -0.39 is 5.60 Å². The molecule has 0 aromatic carbocycles. The molecule has 0 radical (unpaired) electrons. The molecule has 0 fully saturated rings. The van der Waals surface area contributed by atoms with Gasteiger partial charge in [-0.15, -0.1) is 0 Å². The van der Waals surface area contributed by atoms with Gasteiger partial charge in [-0.1, -0.05) is 19.1 Å². The van der Waals surface area contributed by atoms with Crippen molar-refractivity contribution in [2.75, 3.05) is 0 Å². The van der Waals surface area contributed by atoms with Crippen LogP contribution in [0.4, 0.5) is 0 Å². The number of hydrogen-bond acceptors (Lipinski definition) is 2. The number of aryl methyl sites for hydroxylation is 1. The molecule has 1 heterocycles. The Bertz CT molecular complexity index is 356. The van der Waals surface area contributed by atoms with E-state index in [1.807, 2.05) is 16.8 Å². The molecule has 0 aliphatic heterocycles. The maximum atomic E-state index is 10.5. The van der Waals surface area contributed by atoms with E-state index in [4.69, 9.17) is 0 Å². The molecule has 3 nitrogen and oxygen atoms in total. The van der Waals surface area contributed by atoms with Gasteiger partial charge in [0.25, 0.3) is 0 Å². The van der Waals surface area contributed by atoms with Gasteiger partial charge in [0.15, 0.2) is 0 Å². The fourth-order valence-electron chi connectivity index (χ4n) is 2.15. The van der Waals surface area contributed by atoms with Gasteiger partial charge in [-0.05, 0) is 31.7 Å². The summed E-state index contributed by atoms with van der Waals surface area (Å²) >= 11 is 0. The van der Waals surface area contributed by atoms with Gasteiger partial charge in [0.2, 0.25) is 0 Å². The first-order valence-corrected chi connectivity index (χ1v) is 5.68. The average Bonchev–Trinajstić information content (AvgIpc) is 2.68. The lowest BCUT2D eigenvalue weighted by molar-refractivity contribution is 0.0627. The van der Waals surface area contributed by atoms with Crippen LogP contribution < -0.4 is 0 Å². The van der Waals surface area contributed by atoms with Crippen molar-refractivity contribution in [3.63, 3.8) is 0 Å². The van der Waals surface area contributed by atoms with Gasteiger partial charge in [-0.2, -0.15) is 5.10 Å². The largest absolute Gasteiger partial charge is 0.379 e. The average molecular weight is 206 g/mol. The smallest absolute Gasteiger partial charge is 0.124 e. The predicted octanol–water partition coefficient (Wildman–Crippen LogP) is 2.22. The first kappa shape index (κ1) is 10.4. The molecule has 1 N–H and O–H groups in total. The van der Waals surface area contributed by atoms with Gasteiger partial charge < -0.3 is 5.11 Å². The third-order valence-corrected chi connectivity index (χ3v) is 2.92. The highest BCUT2D eigenvalue weighted by atomic mass is 16.3. The molecule has 15 heavy (non-hydrogen) atoms. The maximum Gasteiger partial charge on any atom is 0.124 e. The lowest BCUT2D eigenvalue weighted by atomic mass is 9.88. The van der Waals surface area contributed by atoms with Gasteiger partial charge in [-0.25, -0.2) is 0 Å². The van der Waals surface area contributed by atoms with Crippen molar-refractivity contribution in [3.05, 3.63) is 30.1 Å². The number of rotatable bonds is 3. The van der Waals surface area contributed by atoms with Crippen LogP contribution in [-0.4, -0.2) is 14.9 Å². The Kier molecular flexibility index (Phi) is 2.91. The normalized spacial score (nSPS) is 25.7. The lowest BCUT2D eigenvalue weighted by Crippen LogP contribution is -2.28. The molecular weight excluding hydrogens is 188 g/mol. The minimum Gasteiger partial charge on any atom is -0.379 e. The van der Waals surface area contributed by atoms with E-state index in [9.17, 15) is 5.11 Å². The second-order valence-electron chi connectivity index (χ2n) is 4.16. The van der Waals surface area contributed by atoms with E-state index in [-0.39, 0.29) is 0 Å². The van der Waals surface area contributed by atoms with Gasteiger partial charge >= 0.3 is 0 Å². The summed E-state index contributed by atoms with van der Waals surface area (Å²) in [6.07, 6.45) is 9.71. The molecule has 82 valence electrons. The summed E-state index contributed by atoms with van der Waals surface area (Å²) in [5.41, 5.74) is 0.143. The fourth-order valence-corrected chi connectivity index (χ4v) is 2.15. The van der Waals surface area contributed by atoms with E-state index in [0.29, 0.717) is 0 Å². The molecule has 2 rings (SSSR count). The molecule has 0 saturated carbocycles. The minimum absolute atomic E-state index is 0.788. The number of aromatic nitrogens is 2. The second-order valence-corrected chi connectivity index (χ2v) is 4.16. The van der Waals surface area contributed by atoms with Crippen LogP contribution in [0.25, 0.3) is 0 Å². The Morgan fingerprint density at radius 2 is 2.47 bits per heavy atom. The molecule has 0 saturated heterocycles. The second kappa shape index (κ2) is 4.19. The molecule has 1 aliphatic rings. The summed E-state index contributed by atoms with van der Waals surface area (Å²) in [5, 5.41) is 14.7. The molecule has 0 bridgehead atoms. The van der Waals surface area contributed by atoms with E-state index in [1.54, 1.807) is 6.20 Å². The quantitative estimate of drug-likeness (QED) is 0.770. The highest BCUT2D eigenvalue weighted by Gasteiger charge is 2.30. The van der Waals surface area contributed by atoms with Crippen LogP contribution in [0.15, 0.2) is 24.4 Å². The van der Waals surface area contributed by atoms with E-state index >= 15 is 0 Å². The zero-order valence-corrected chi connectivity index (χ0v) is 9.19. The predicted molar refractivity (Wildman–Crippen MR) is 59.4 cm³/mol. The van der Waals surface area contributed by atoms with Crippen LogP contribution in [-0.2, 0) is 12.1 Å². The first-order chi connectivity index (χ1) is 7.26. The van der Waals surface area contributed by atoms with Crippen molar-refractivity contribution in [2.45, 2.75) is 44.8 Å². The van der Waals surface area contributed by atoms with Crippen molar-refractivity contribution >= 4 is 0 Å². The van der Waals surface area contributed by atoms with Gasteiger partial charge in [0.05, 0.1) is 5.69 Å². The lowest BCUT2D eigenvalue weighted by Gasteiger charge is -2.28. The van der Waals surface area contributed by atoms with Gasteiger partial charge in [-0.3, -0.25) is 4.68 Å². The summed E-state index contributed by atoms with van der Waals surface area (Å²) in [5.74, 6) is 0. The Morgan fingerprint density at radius 1 is 1.60 bits per heavy atom. The van der Waals surface area contributed by atoms with Crippen LogP contribution in [0.2, 0.25) is 0 Å².